The summed E-state index contributed by atoms with van der Waals surface area (Å²) in [7, 11) is -3.85. The standard InChI is InChI=1S/C18H15F3N2O2S/c19-18(20,21)15-6-4-13(5-7-15)12-23(16-8-9-16)26(24,25)17-3-1-2-14(10-17)11-22/h1-7,10,16H,8-9,12H2. The molecule has 0 bridgehead atoms. The summed E-state index contributed by atoms with van der Waals surface area (Å²) in [6, 6.07) is 11.9. The maximum Gasteiger partial charge on any atom is 0.416 e. The number of halogens is 3. The number of rotatable bonds is 5. The Labute approximate surface area is 149 Å². The van der Waals surface area contributed by atoms with Gasteiger partial charge in [-0.25, -0.2) is 8.42 Å². The predicted molar refractivity (Wildman–Crippen MR) is 88.4 cm³/mol. The Morgan fingerprint density at radius 1 is 1.12 bits per heavy atom. The Morgan fingerprint density at radius 3 is 2.31 bits per heavy atom. The number of nitrogens with zero attached hydrogens (tertiary/aromatic N) is 2. The van der Waals surface area contributed by atoms with Crippen molar-refractivity contribution < 1.29 is 21.6 Å². The number of sulfonamides is 1. The first kappa shape index (κ1) is 18.4. The molecule has 4 nitrogen and oxygen atoms in total. The highest BCUT2D eigenvalue weighted by atomic mass is 32.2. The monoisotopic (exact) mass is 380 g/mol. The van der Waals surface area contributed by atoms with Gasteiger partial charge in [0.2, 0.25) is 10.0 Å². The van der Waals surface area contributed by atoms with Gasteiger partial charge >= 0.3 is 6.18 Å². The number of hydrogen-bond acceptors (Lipinski definition) is 3. The third-order valence-corrected chi connectivity index (χ3v) is 6.04. The van der Waals surface area contributed by atoms with Crippen LogP contribution in [0.5, 0.6) is 0 Å². The Bertz CT molecular complexity index is 944. The molecular formula is C18H15F3N2O2S. The van der Waals surface area contributed by atoms with E-state index in [2.05, 4.69) is 0 Å². The molecule has 0 unspecified atom stereocenters. The molecule has 1 saturated carbocycles. The summed E-state index contributed by atoms with van der Waals surface area (Å²) in [5.41, 5.74) is -0.0648. The van der Waals surface area contributed by atoms with Crippen LogP contribution in [0.25, 0.3) is 0 Å². The average molecular weight is 380 g/mol. The summed E-state index contributed by atoms with van der Waals surface area (Å²) >= 11 is 0. The highest BCUT2D eigenvalue weighted by Crippen LogP contribution is 2.34. The van der Waals surface area contributed by atoms with Gasteiger partial charge in [-0.15, -0.1) is 0 Å². The minimum atomic E-state index is -4.43. The van der Waals surface area contributed by atoms with E-state index in [0.717, 1.165) is 12.1 Å². The minimum absolute atomic E-state index is 0.00959. The van der Waals surface area contributed by atoms with Crippen molar-refractivity contribution in [2.45, 2.75) is 36.5 Å². The lowest BCUT2D eigenvalue weighted by Gasteiger charge is -2.22. The van der Waals surface area contributed by atoms with Gasteiger partial charge in [0.1, 0.15) is 0 Å². The van der Waals surface area contributed by atoms with E-state index < -0.39 is 21.8 Å². The molecule has 3 rings (SSSR count). The largest absolute Gasteiger partial charge is 0.416 e. The highest BCUT2D eigenvalue weighted by Gasteiger charge is 2.38. The fourth-order valence-corrected chi connectivity index (χ4v) is 4.33. The van der Waals surface area contributed by atoms with Gasteiger partial charge in [-0.3, -0.25) is 0 Å². The lowest BCUT2D eigenvalue weighted by molar-refractivity contribution is -0.137. The van der Waals surface area contributed by atoms with Gasteiger partial charge < -0.3 is 0 Å². The summed E-state index contributed by atoms with van der Waals surface area (Å²) in [4.78, 5) is 0.00959. The lowest BCUT2D eigenvalue weighted by atomic mass is 10.1. The smallest absolute Gasteiger partial charge is 0.207 e. The maximum atomic E-state index is 12.9. The molecule has 0 heterocycles. The van der Waals surface area contributed by atoms with E-state index in [1.165, 1.54) is 40.7 Å². The third kappa shape index (κ3) is 3.89. The Kier molecular flexibility index (Phi) is 4.78. The number of nitriles is 1. The van der Waals surface area contributed by atoms with Gasteiger partial charge in [0.25, 0.3) is 0 Å². The van der Waals surface area contributed by atoms with E-state index >= 15 is 0 Å². The zero-order valence-electron chi connectivity index (χ0n) is 13.6. The molecule has 2 aromatic rings. The summed E-state index contributed by atoms with van der Waals surface area (Å²) in [5.74, 6) is 0. The molecular weight excluding hydrogens is 365 g/mol. The zero-order valence-corrected chi connectivity index (χ0v) is 14.4. The molecule has 26 heavy (non-hydrogen) atoms. The van der Waals surface area contributed by atoms with Crippen LogP contribution in [0.1, 0.15) is 29.5 Å². The molecule has 0 amide bonds. The van der Waals surface area contributed by atoms with Gasteiger partial charge in [0, 0.05) is 12.6 Å². The molecule has 8 heteroatoms. The number of hydrogen-bond donors (Lipinski definition) is 0. The molecule has 0 saturated heterocycles. The molecule has 0 aromatic heterocycles. The number of benzene rings is 2. The molecule has 136 valence electrons. The predicted octanol–water partition coefficient (Wildman–Crippen LogP) is 3.93. The molecule has 0 radical (unpaired) electrons. The van der Waals surface area contributed by atoms with E-state index in [1.54, 1.807) is 0 Å². The van der Waals surface area contributed by atoms with Gasteiger partial charge in [0.15, 0.2) is 0 Å². The van der Waals surface area contributed by atoms with E-state index in [1.807, 2.05) is 6.07 Å². The summed E-state index contributed by atoms with van der Waals surface area (Å²) in [6.07, 6.45) is -3.02. The second-order valence-corrected chi connectivity index (χ2v) is 8.01. The van der Waals surface area contributed by atoms with Crippen molar-refractivity contribution in [1.82, 2.24) is 4.31 Å². The fourth-order valence-electron chi connectivity index (χ4n) is 2.61. The summed E-state index contributed by atoms with van der Waals surface area (Å²) < 4.78 is 65.2. The van der Waals surface area contributed by atoms with Crippen LogP contribution < -0.4 is 0 Å². The van der Waals surface area contributed by atoms with E-state index in [4.69, 9.17) is 5.26 Å². The first-order chi connectivity index (χ1) is 12.2. The molecule has 0 aliphatic heterocycles. The Hall–Kier alpha value is -2.37. The zero-order chi connectivity index (χ0) is 18.9. The van der Waals surface area contributed by atoms with E-state index in [0.29, 0.717) is 18.4 Å². The third-order valence-electron chi connectivity index (χ3n) is 4.14. The average Bonchev–Trinajstić information content (AvgIpc) is 3.44. The summed E-state index contributed by atoms with van der Waals surface area (Å²) in [6.45, 7) is -0.0120. The minimum Gasteiger partial charge on any atom is -0.207 e. The van der Waals surface area contributed by atoms with Crippen LogP contribution in [0.15, 0.2) is 53.4 Å². The first-order valence-corrected chi connectivity index (χ1v) is 9.34. The quantitative estimate of drug-likeness (QED) is 0.790. The van der Waals surface area contributed by atoms with Crippen LogP contribution >= 0.6 is 0 Å². The van der Waals surface area contributed by atoms with Crippen molar-refractivity contribution in [1.29, 1.82) is 5.26 Å². The fraction of sp³-hybridized carbons (Fsp3) is 0.278. The molecule has 1 aliphatic carbocycles. The van der Waals surface area contributed by atoms with E-state index in [9.17, 15) is 21.6 Å². The van der Waals surface area contributed by atoms with Crippen molar-refractivity contribution in [3.8, 4) is 6.07 Å². The second kappa shape index (κ2) is 6.74. The molecule has 0 atom stereocenters. The van der Waals surface area contributed by atoms with Crippen LogP contribution in [0.2, 0.25) is 0 Å². The molecule has 1 aliphatic rings. The van der Waals surface area contributed by atoms with Crippen molar-refractivity contribution in [3.05, 3.63) is 65.2 Å². The number of alkyl halides is 3. The maximum absolute atomic E-state index is 12.9. The molecule has 2 aromatic carbocycles. The second-order valence-electron chi connectivity index (χ2n) is 6.12. The van der Waals surface area contributed by atoms with Crippen LogP contribution in [0, 0.1) is 11.3 Å². The van der Waals surface area contributed by atoms with Gasteiger partial charge in [-0.05, 0) is 48.7 Å². The Morgan fingerprint density at radius 2 is 1.77 bits per heavy atom. The SMILES string of the molecule is N#Cc1cccc(S(=O)(=O)N(Cc2ccc(C(F)(F)F)cc2)C2CC2)c1. The molecule has 0 N–H and O–H groups in total. The van der Waals surface area contributed by atoms with Gasteiger partial charge in [-0.1, -0.05) is 18.2 Å². The highest BCUT2D eigenvalue weighted by molar-refractivity contribution is 7.89. The normalized spacial score (nSPS) is 15.0. The van der Waals surface area contributed by atoms with Crippen molar-refractivity contribution in [3.63, 3.8) is 0 Å². The van der Waals surface area contributed by atoms with Crippen LogP contribution in [-0.4, -0.2) is 18.8 Å². The van der Waals surface area contributed by atoms with E-state index in [-0.39, 0.29) is 23.0 Å². The van der Waals surface area contributed by atoms with Crippen molar-refractivity contribution in [2.75, 3.05) is 0 Å². The molecule has 1 fully saturated rings. The van der Waals surface area contributed by atoms with Crippen LogP contribution in [0.4, 0.5) is 13.2 Å². The first-order valence-electron chi connectivity index (χ1n) is 7.90. The van der Waals surface area contributed by atoms with Crippen molar-refractivity contribution in [2.24, 2.45) is 0 Å². The lowest BCUT2D eigenvalue weighted by Crippen LogP contribution is -2.32. The van der Waals surface area contributed by atoms with Crippen LogP contribution in [-0.2, 0) is 22.7 Å². The van der Waals surface area contributed by atoms with Gasteiger partial charge in [-0.2, -0.15) is 22.7 Å². The van der Waals surface area contributed by atoms with Gasteiger partial charge in [0.05, 0.1) is 22.1 Å². The van der Waals surface area contributed by atoms with Crippen LogP contribution in [0.3, 0.4) is 0 Å². The Balaban J connectivity index is 1.89. The summed E-state index contributed by atoms with van der Waals surface area (Å²) in [5, 5.41) is 8.96. The topological polar surface area (TPSA) is 61.2 Å². The molecule has 0 spiro atoms. The van der Waals surface area contributed by atoms with Crippen molar-refractivity contribution >= 4 is 10.0 Å².